The Morgan fingerprint density at radius 3 is 2.89 bits per heavy atom. The lowest BCUT2D eigenvalue weighted by atomic mass is 10.2. The molecule has 0 bridgehead atoms. The van der Waals surface area contributed by atoms with Crippen molar-refractivity contribution in [2.24, 2.45) is 0 Å². The second-order valence-corrected chi connectivity index (χ2v) is 6.39. The second-order valence-electron chi connectivity index (χ2n) is 4.27. The molecule has 1 unspecified atom stereocenters. The highest BCUT2D eigenvalue weighted by molar-refractivity contribution is 9.10. The molecular formula is C13H16BrN3S. The van der Waals surface area contributed by atoms with Gasteiger partial charge in [-0.25, -0.2) is 4.98 Å². The van der Waals surface area contributed by atoms with E-state index in [0.717, 1.165) is 21.7 Å². The topological polar surface area (TPSA) is 50.9 Å². The standard InChI is InChI=1S/C13H16BrN3S/c1-8-6-17-13(18-8)9(2)16-7-10-3-4-11(14)12(15)5-10/h3-6,9,16H,7,15H2,1-2H3. The van der Waals surface area contributed by atoms with Gasteiger partial charge in [-0.1, -0.05) is 6.07 Å². The summed E-state index contributed by atoms with van der Waals surface area (Å²) in [6, 6.07) is 6.28. The number of hydrogen-bond donors (Lipinski definition) is 2. The second kappa shape index (κ2) is 5.82. The van der Waals surface area contributed by atoms with Gasteiger partial charge in [-0.2, -0.15) is 0 Å². The maximum atomic E-state index is 5.86. The third-order valence-corrected chi connectivity index (χ3v) is 4.50. The number of nitrogen functional groups attached to an aromatic ring is 1. The smallest absolute Gasteiger partial charge is 0.109 e. The molecule has 0 aliphatic rings. The quantitative estimate of drug-likeness (QED) is 0.843. The van der Waals surface area contributed by atoms with E-state index in [4.69, 9.17) is 5.73 Å². The van der Waals surface area contributed by atoms with Gasteiger partial charge in [0.25, 0.3) is 0 Å². The molecule has 3 N–H and O–H groups in total. The summed E-state index contributed by atoms with van der Waals surface area (Å²) in [6.07, 6.45) is 1.91. The summed E-state index contributed by atoms with van der Waals surface area (Å²) in [4.78, 5) is 5.63. The summed E-state index contributed by atoms with van der Waals surface area (Å²) >= 11 is 5.13. The fourth-order valence-electron chi connectivity index (χ4n) is 1.63. The highest BCUT2D eigenvalue weighted by atomic mass is 79.9. The van der Waals surface area contributed by atoms with Crippen molar-refractivity contribution < 1.29 is 0 Å². The number of nitrogens with one attached hydrogen (secondary N) is 1. The van der Waals surface area contributed by atoms with Crippen LogP contribution < -0.4 is 11.1 Å². The third-order valence-electron chi connectivity index (χ3n) is 2.68. The van der Waals surface area contributed by atoms with E-state index in [1.807, 2.05) is 18.3 Å². The normalized spacial score (nSPS) is 12.6. The molecule has 0 aliphatic carbocycles. The molecule has 18 heavy (non-hydrogen) atoms. The number of rotatable bonds is 4. The molecule has 2 aromatic rings. The Kier molecular flexibility index (Phi) is 4.37. The summed E-state index contributed by atoms with van der Waals surface area (Å²) in [5.41, 5.74) is 7.80. The van der Waals surface area contributed by atoms with Gasteiger partial charge >= 0.3 is 0 Å². The van der Waals surface area contributed by atoms with Crippen LogP contribution in [0, 0.1) is 6.92 Å². The Labute approximate surface area is 120 Å². The molecule has 0 amide bonds. The molecule has 1 atom stereocenters. The van der Waals surface area contributed by atoms with Crippen LogP contribution in [0.3, 0.4) is 0 Å². The van der Waals surface area contributed by atoms with Crippen molar-refractivity contribution in [3.63, 3.8) is 0 Å². The lowest BCUT2D eigenvalue weighted by Crippen LogP contribution is -2.17. The van der Waals surface area contributed by atoms with Crippen molar-refractivity contribution in [2.45, 2.75) is 26.4 Å². The average Bonchev–Trinajstić information content (AvgIpc) is 2.77. The number of nitrogens with zero attached hydrogens (tertiary/aromatic N) is 1. The van der Waals surface area contributed by atoms with Crippen LogP contribution in [-0.4, -0.2) is 4.98 Å². The van der Waals surface area contributed by atoms with E-state index >= 15 is 0 Å². The van der Waals surface area contributed by atoms with Gasteiger partial charge in [0.2, 0.25) is 0 Å². The Balaban J connectivity index is 1.97. The highest BCUT2D eigenvalue weighted by Gasteiger charge is 2.08. The zero-order valence-corrected chi connectivity index (χ0v) is 12.8. The third kappa shape index (κ3) is 3.31. The van der Waals surface area contributed by atoms with Gasteiger partial charge < -0.3 is 11.1 Å². The molecule has 0 fully saturated rings. The molecule has 0 saturated heterocycles. The van der Waals surface area contributed by atoms with Crippen molar-refractivity contribution in [3.8, 4) is 0 Å². The first-order chi connectivity index (χ1) is 8.56. The Hall–Kier alpha value is -0.910. The first-order valence-electron chi connectivity index (χ1n) is 5.76. The minimum absolute atomic E-state index is 0.258. The van der Waals surface area contributed by atoms with Crippen LogP contribution in [0.4, 0.5) is 5.69 Å². The van der Waals surface area contributed by atoms with Crippen LogP contribution in [0.15, 0.2) is 28.9 Å². The largest absolute Gasteiger partial charge is 0.398 e. The van der Waals surface area contributed by atoms with E-state index in [2.05, 4.69) is 46.1 Å². The average molecular weight is 326 g/mol. The molecule has 0 aliphatic heterocycles. The van der Waals surface area contributed by atoms with E-state index in [0.29, 0.717) is 0 Å². The summed E-state index contributed by atoms with van der Waals surface area (Å²) in [7, 11) is 0. The number of thiazole rings is 1. The van der Waals surface area contributed by atoms with Crippen LogP contribution in [0.1, 0.15) is 28.4 Å². The monoisotopic (exact) mass is 325 g/mol. The van der Waals surface area contributed by atoms with Crippen molar-refractivity contribution in [3.05, 3.63) is 44.3 Å². The van der Waals surface area contributed by atoms with Gasteiger partial charge in [-0.3, -0.25) is 0 Å². The maximum Gasteiger partial charge on any atom is 0.109 e. The van der Waals surface area contributed by atoms with Gasteiger partial charge in [0.1, 0.15) is 5.01 Å². The molecule has 3 nitrogen and oxygen atoms in total. The van der Waals surface area contributed by atoms with Crippen molar-refractivity contribution in [1.82, 2.24) is 10.3 Å². The van der Waals surface area contributed by atoms with Crippen molar-refractivity contribution >= 4 is 33.0 Å². The molecule has 0 saturated carbocycles. The molecule has 0 spiro atoms. The molecule has 5 heteroatoms. The number of halogens is 1. The zero-order chi connectivity index (χ0) is 13.1. The van der Waals surface area contributed by atoms with Gasteiger partial charge in [-0.05, 0) is 47.5 Å². The number of benzene rings is 1. The van der Waals surface area contributed by atoms with Gasteiger partial charge in [-0.15, -0.1) is 11.3 Å². The van der Waals surface area contributed by atoms with Crippen LogP contribution in [0.25, 0.3) is 0 Å². The van der Waals surface area contributed by atoms with Crippen LogP contribution in [0.5, 0.6) is 0 Å². The van der Waals surface area contributed by atoms with Crippen LogP contribution in [-0.2, 0) is 6.54 Å². The van der Waals surface area contributed by atoms with E-state index in [-0.39, 0.29) is 6.04 Å². The first-order valence-corrected chi connectivity index (χ1v) is 7.37. The Morgan fingerprint density at radius 1 is 1.50 bits per heavy atom. The fraction of sp³-hybridized carbons (Fsp3) is 0.308. The van der Waals surface area contributed by atoms with Gasteiger partial charge in [0.05, 0.1) is 6.04 Å². The molecule has 2 rings (SSSR count). The number of nitrogens with two attached hydrogens (primary N) is 1. The van der Waals surface area contributed by atoms with Crippen LogP contribution in [0.2, 0.25) is 0 Å². The number of anilines is 1. The summed E-state index contributed by atoms with van der Waals surface area (Å²) in [6.45, 7) is 4.99. The van der Waals surface area contributed by atoms with E-state index < -0.39 is 0 Å². The van der Waals surface area contributed by atoms with Gasteiger partial charge in [0.15, 0.2) is 0 Å². The first kappa shape index (κ1) is 13.5. The highest BCUT2D eigenvalue weighted by Crippen LogP contribution is 2.22. The predicted octanol–water partition coefficient (Wildman–Crippen LogP) is 3.65. The number of aryl methyl sites for hydroxylation is 1. The minimum Gasteiger partial charge on any atom is -0.398 e. The zero-order valence-electron chi connectivity index (χ0n) is 10.4. The lowest BCUT2D eigenvalue weighted by molar-refractivity contribution is 0.572. The van der Waals surface area contributed by atoms with E-state index in [1.165, 1.54) is 10.4 Å². The minimum atomic E-state index is 0.258. The number of hydrogen-bond acceptors (Lipinski definition) is 4. The fourth-order valence-corrected chi connectivity index (χ4v) is 2.68. The molecule has 96 valence electrons. The Morgan fingerprint density at radius 2 is 2.28 bits per heavy atom. The SMILES string of the molecule is Cc1cnc(C(C)NCc2ccc(Br)c(N)c2)s1. The molecule has 1 heterocycles. The van der Waals surface area contributed by atoms with Crippen molar-refractivity contribution in [1.29, 1.82) is 0 Å². The predicted molar refractivity (Wildman–Crippen MR) is 80.7 cm³/mol. The summed E-state index contributed by atoms with van der Waals surface area (Å²) in [5, 5.41) is 4.58. The molecular weight excluding hydrogens is 310 g/mol. The van der Waals surface area contributed by atoms with Gasteiger partial charge in [0, 0.05) is 27.8 Å². The lowest BCUT2D eigenvalue weighted by Gasteiger charge is -2.11. The summed E-state index contributed by atoms with van der Waals surface area (Å²) < 4.78 is 0.940. The van der Waals surface area contributed by atoms with Crippen molar-refractivity contribution in [2.75, 3.05) is 5.73 Å². The number of aromatic nitrogens is 1. The molecule has 1 aromatic carbocycles. The Bertz CT molecular complexity index is 539. The maximum absolute atomic E-state index is 5.86. The summed E-state index contributed by atoms with van der Waals surface area (Å²) in [5.74, 6) is 0. The van der Waals surface area contributed by atoms with E-state index in [1.54, 1.807) is 11.3 Å². The molecule has 0 radical (unpaired) electrons. The molecule has 1 aromatic heterocycles. The van der Waals surface area contributed by atoms with Crippen LogP contribution >= 0.6 is 27.3 Å². The van der Waals surface area contributed by atoms with E-state index in [9.17, 15) is 0 Å².